The number of hydrogen-bond donors (Lipinski definition) is 1. The first kappa shape index (κ1) is 22.7. The fourth-order valence-electron chi connectivity index (χ4n) is 3.14. The molecule has 31 heavy (non-hydrogen) atoms. The lowest BCUT2D eigenvalue weighted by molar-refractivity contribution is -0.117. The number of carbonyl (C=O) groups is 1. The summed E-state index contributed by atoms with van der Waals surface area (Å²) in [6, 6.07) is 21.5. The van der Waals surface area contributed by atoms with Gasteiger partial charge in [0.15, 0.2) is 5.75 Å². The second-order valence-electron chi connectivity index (χ2n) is 6.86. The average molecular weight is 459 g/mol. The minimum absolute atomic E-state index is 0.267. The Morgan fingerprint density at radius 1 is 1.00 bits per heavy atom. The van der Waals surface area contributed by atoms with Crippen molar-refractivity contribution >= 4 is 38.9 Å². The SMILES string of the molecule is CC[C@@H](C(=O)Nc1ccccc1Oc1ccccc1)N(c1ccc(Cl)cc1)S(C)(=O)=O. The number of para-hydroxylation sites is 3. The second-order valence-corrected chi connectivity index (χ2v) is 9.16. The fraction of sp³-hybridized carbons (Fsp3) is 0.174. The van der Waals surface area contributed by atoms with Crippen LogP contribution in [0.3, 0.4) is 0 Å². The Morgan fingerprint density at radius 2 is 1.61 bits per heavy atom. The second kappa shape index (κ2) is 9.85. The minimum Gasteiger partial charge on any atom is -0.455 e. The molecule has 0 unspecified atom stereocenters. The van der Waals surface area contributed by atoms with Crippen LogP contribution in [0.15, 0.2) is 78.9 Å². The predicted octanol–water partition coefficient (Wildman–Crippen LogP) is 5.32. The molecule has 0 heterocycles. The summed E-state index contributed by atoms with van der Waals surface area (Å²) < 4.78 is 32.1. The molecular formula is C23H23ClN2O4S. The molecule has 0 radical (unpaired) electrons. The number of halogens is 1. The lowest BCUT2D eigenvalue weighted by Gasteiger charge is -2.30. The summed E-state index contributed by atoms with van der Waals surface area (Å²) in [5, 5.41) is 3.29. The lowest BCUT2D eigenvalue weighted by atomic mass is 10.1. The van der Waals surface area contributed by atoms with Gasteiger partial charge in [0.25, 0.3) is 0 Å². The number of rotatable bonds is 8. The van der Waals surface area contributed by atoms with Crippen molar-refractivity contribution < 1.29 is 17.9 Å². The summed E-state index contributed by atoms with van der Waals surface area (Å²) in [5.74, 6) is 0.608. The van der Waals surface area contributed by atoms with E-state index in [9.17, 15) is 13.2 Å². The van der Waals surface area contributed by atoms with Gasteiger partial charge in [0.2, 0.25) is 15.9 Å². The summed E-state index contributed by atoms with van der Waals surface area (Å²) in [5.41, 5.74) is 0.807. The number of benzene rings is 3. The molecule has 3 rings (SSSR count). The Labute approximate surface area is 187 Å². The molecule has 1 atom stereocenters. The number of ether oxygens (including phenoxy) is 1. The lowest BCUT2D eigenvalue weighted by Crippen LogP contribution is -2.47. The first-order valence-corrected chi connectivity index (χ1v) is 11.9. The summed E-state index contributed by atoms with van der Waals surface area (Å²) in [4.78, 5) is 13.2. The summed E-state index contributed by atoms with van der Waals surface area (Å²) >= 11 is 5.94. The largest absolute Gasteiger partial charge is 0.455 e. The number of hydrogen-bond acceptors (Lipinski definition) is 4. The van der Waals surface area contributed by atoms with Gasteiger partial charge >= 0.3 is 0 Å². The smallest absolute Gasteiger partial charge is 0.248 e. The topological polar surface area (TPSA) is 75.7 Å². The number of nitrogens with one attached hydrogen (secondary N) is 1. The molecule has 0 bridgehead atoms. The normalized spacial score (nSPS) is 12.1. The van der Waals surface area contributed by atoms with Gasteiger partial charge in [-0.3, -0.25) is 9.10 Å². The van der Waals surface area contributed by atoms with Gasteiger partial charge in [-0.25, -0.2) is 8.42 Å². The monoisotopic (exact) mass is 458 g/mol. The molecule has 1 amide bonds. The number of anilines is 2. The van der Waals surface area contributed by atoms with Crippen LogP contribution < -0.4 is 14.4 Å². The van der Waals surface area contributed by atoms with Gasteiger partial charge in [-0.2, -0.15) is 0 Å². The molecule has 0 aliphatic rings. The van der Waals surface area contributed by atoms with Gasteiger partial charge in [-0.15, -0.1) is 0 Å². The Bertz CT molecular complexity index is 1140. The number of carbonyl (C=O) groups excluding carboxylic acids is 1. The molecule has 0 aliphatic heterocycles. The molecule has 0 aromatic heterocycles. The van der Waals surface area contributed by atoms with E-state index in [1.54, 1.807) is 67.6 Å². The zero-order valence-corrected chi connectivity index (χ0v) is 18.7. The van der Waals surface area contributed by atoms with E-state index in [-0.39, 0.29) is 6.42 Å². The number of nitrogens with zero attached hydrogens (tertiary/aromatic N) is 1. The van der Waals surface area contributed by atoms with Gasteiger partial charge in [-0.05, 0) is 55.0 Å². The summed E-state index contributed by atoms with van der Waals surface area (Å²) in [6.07, 6.45) is 1.34. The van der Waals surface area contributed by atoms with Gasteiger partial charge in [0.05, 0.1) is 17.6 Å². The third-order valence-electron chi connectivity index (χ3n) is 4.53. The van der Waals surface area contributed by atoms with Crippen LogP contribution in [0.25, 0.3) is 0 Å². The highest BCUT2D eigenvalue weighted by molar-refractivity contribution is 7.92. The molecule has 8 heteroatoms. The van der Waals surface area contributed by atoms with E-state index in [1.807, 2.05) is 18.2 Å². The first-order valence-electron chi connectivity index (χ1n) is 9.67. The van der Waals surface area contributed by atoms with E-state index in [4.69, 9.17) is 16.3 Å². The van der Waals surface area contributed by atoms with Gasteiger partial charge in [0.1, 0.15) is 11.8 Å². The molecule has 3 aromatic rings. The number of sulfonamides is 1. The van der Waals surface area contributed by atoms with Crippen LogP contribution in [0.1, 0.15) is 13.3 Å². The maximum Gasteiger partial charge on any atom is 0.248 e. The fourth-order valence-corrected chi connectivity index (χ4v) is 4.48. The first-order chi connectivity index (χ1) is 14.8. The molecule has 0 aliphatic carbocycles. The Kier molecular flexibility index (Phi) is 7.20. The Hall–Kier alpha value is -3.03. The van der Waals surface area contributed by atoms with Gasteiger partial charge in [-0.1, -0.05) is 48.9 Å². The van der Waals surface area contributed by atoms with Crippen molar-refractivity contribution in [1.82, 2.24) is 0 Å². The zero-order chi connectivity index (χ0) is 22.4. The van der Waals surface area contributed by atoms with E-state index in [0.29, 0.717) is 27.9 Å². The van der Waals surface area contributed by atoms with Crippen LogP contribution in [-0.2, 0) is 14.8 Å². The molecular weight excluding hydrogens is 436 g/mol. The van der Waals surface area contributed by atoms with Crippen LogP contribution in [0.2, 0.25) is 5.02 Å². The Balaban J connectivity index is 1.89. The minimum atomic E-state index is -3.74. The Morgan fingerprint density at radius 3 is 2.23 bits per heavy atom. The summed E-state index contributed by atoms with van der Waals surface area (Å²) in [6.45, 7) is 1.75. The number of amides is 1. The highest BCUT2D eigenvalue weighted by Gasteiger charge is 2.32. The van der Waals surface area contributed by atoms with E-state index >= 15 is 0 Å². The van der Waals surface area contributed by atoms with Crippen LogP contribution in [0.5, 0.6) is 11.5 Å². The van der Waals surface area contributed by atoms with E-state index in [0.717, 1.165) is 10.6 Å². The van der Waals surface area contributed by atoms with Crippen molar-refractivity contribution in [2.24, 2.45) is 0 Å². The highest BCUT2D eigenvalue weighted by Crippen LogP contribution is 2.30. The van der Waals surface area contributed by atoms with E-state index in [1.165, 1.54) is 0 Å². The van der Waals surface area contributed by atoms with Crippen molar-refractivity contribution in [3.63, 3.8) is 0 Å². The maximum absolute atomic E-state index is 13.2. The van der Waals surface area contributed by atoms with Crippen molar-refractivity contribution in [1.29, 1.82) is 0 Å². The predicted molar refractivity (Wildman–Crippen MR) is 124 cm³/mol. The third kappa shape index (κ3) is 5.77. The van der Waals surface area contributed by atoms with Gasteiger partial charge in [0, 0.05) is 5.02 Å². The highest BCUT2D eigenvalue weighted by atomic mass is 35.5. The quantitative estimate of drug-likeness (QED) is 0.496. The molecule has 6 nitrogen and oxygen atoms in total. The zero-order valence-electron chi connectivity index (χ0n) is 17.2. The van der Waals surface area contributed by atoms with Crippen molar-refractivity contribution in [3.8, 4) is 11.5 Å². The molecule has 162 valence electrons. The van der Waals surface area contributed by atoms with Crippen molar-refractivity contribution in [2.75, 3.05) is 15.9 Å². The third-order valence-corrected chi connectivity index (χ3v) is 5.96. The molecule has 3 aromatic carbocycles. The van der Waals surface area contributed by atoms with E-state index in [2.05, 4.69) is 5.32 Å². The average Bonchev–Trinajstić information content (AvgIpc) is 2.74. The maximum atomic E-state index is 13.2. The molecule has 0 saturated heterocycles. The molecule has 0 fully saturated rings. The van der Waals surface area contributed by atoms with E-state index < -0.39 is 22.0 Å². The van der Waals surface area contributed by atoms with Gasteiger partial charge < -0.3 is 10.1 Å². The molecule has 0 spiro atoms. The molecule has 0 saturated carbocycles. The van der Waals surface area contributed by atoms with Crippen molar-refractivity contribution in [3.05, 3.63) is 83.9 Å². The van der Waals surface area contributed by atoms with Crippen LogP contribution in [-0.4, -0.2) is 26.6 Å². The molecule has 1 N–H and O–H groups in total. The summed E-state index contributed by atoms with van der Waals surface area (Å²) in [7, 11) is -3.74. The van der Waals surface area contributed by atoms with Crippen LogP contribution in [0, 0.1) is 0 Å². The standard InChI is InChI=1S/C23H23ClN2O4S/c1-3-21(26(31(2,28)29)18-15-13-17(24)14-16-18)23(27)25-20-11-7-8-12-22(20)30-19-9-5-4-6-10-19/h4-16,21H,3H2,1-2H3,(H,25,27)/t21-/m0/s1. The van der Waals surface area contributed by atoms with Crippen LogP contribution in [0.4, 0.5) is 11.4 Å². The van der Waals surface area contributed by atoms with Crippen LogP contribution >= 0.6 is 11.6 Å². The van der Waals surface area contributed by atoms with Crippen molar-refractivity contribution in [2.45, 2.75) is 19.4 Å².